The van der Waals surface area contributed by atoms with Crippen LogP contribution < -0.4 is 9.13 Å². The molecular formula is C12H19Cl5N6+2. The van der Waals surface area contributed by atoms with Gasteiger partial charge in [0, 0.05) is 0 Å². The van der Waals surface area contributed by atoms with Gasteiger partial charge in [-0.25, -0.2) is 9.13 Å². The molecule has 23 heavy (non-hydrogen) atoms. The molecule has 1 aliphatic rings. The minimum atomic E-state index is -1.34. The predicted molar refractivity (Wildman–Crippen MR) is 93.1 cm³/mol. The Morgan fingerprint density at radius 3 is 1.48 bits per heavy atom. The number of aromatic amines is 2. The summed E-state index contributed by atoms with van der Waals surface area (Å²) in [6, 6.07) is 0. The topological polar surface area (TPSA) is 45.8 Å². The molecule has 130 valence electrons. The van der Waals surface area contributed by atoms with E-state index in [1.54, 1.807) is 7.05 Å². The lowest BCUT2D eigenvalue weighted by atomic mass is 10.6. The van der Waals surface area contributed by atoms with Crippen molar-refractivity contribution in [2.75, 3.05) is 13.6 Å². The zero-order chi connectivity index (χ0) is 17.7. The van der Waals surface area contributed by atoms with Crippen LogP contribution in [0, 0.1) is 0 Å². The minimum absolute atomic E-state index is 0.284. The van der Waals surface area contributed by atoms with Gasteiger partial charge in [-0.2, -0.15) is 0 Å². The van der Waals surface area contributed by atoms with Crippen LogP contribution in [0.15, 0.2) is 37.4 Å². The number of nitrogens with one attached hydrogen (secondary N) is 2. The van der Waals surface area contributed by atoms with E-state index in [2.05, 4.69) is 9.97 Å². The molecule has 0 aromatic carbocycles. The number of hydrogen-bond donors (Lipinski definition) is 2. The van der Waals surface area contributed by atoms with Gasteiger partial charge in [-0.1, -0.05) is 46.4 Å². The average molecular weight is 425 g/mol. The highest BCUT2D eigenvalue weighted by Gasteiger charge is 2.55. The molecule has 0 saturated carbocycles. The van der Waals surface area contributed by atoms with E-state index in [1.165, 1.54) is 4.90 Å². The largest absolute Gasteiger partial charge is 0.257 e. The third kappa shape index (κ3) is 6.31. The Balaban J connectivity index is 0.000000187. The summed E-state index contributed by atoms with van der Waals surface area (Å²) in [5, 5.41) is 0. The van der Waals surface area contributed by atoms with E-state index >= 15 is 0 Å². The zero-order valence-corrected chi connectivity index (χ0v) is 16.6. The highest BCUT2D eigenvalue weighted by molar-refractivity contribution is 6.55. The molecule has 0 bridgehead atoms. The number of aryl methyl sites for hydroxylation is 2. The van der Waals surface area contributed by atoms with Crippen molar-refractivity contribution in [3.63, 3.8) is 0 Å². The summed E-state index contributed by atoms with van der Waals surface area (Å²) in [5.74, 6) is 0. The van der Waals surface area contributed by atoms with E-state index in [9.17, 15) is 0 Å². The average Bonchev–Trinajstić information content (AvgIpc) is 3.14. The SMILES string of the molecule is CN1CC(Cl)(Cl)N(Cl)C1(Cl)Cl.C[n+]1cc[nH]c1.C[n+]1cc[nH]c1. The first kappa shape index (κ1) is 20.8. The van der Waals surface area contributed by atoms with Crippen LogP contribution in [0.5, 0.6) is 0 Å². The maximum absolute atomic E-state index is 5.77. The van der Waals surface area contributed by atoms with Gasteiger partial charge in [-0.15, -0.1) is 4.42 Å². The summed E-state index contributed by atoms with van der Waals surface area (Å²) in [5.41, 5.74) is 0. The smallest absolute Gasteiger partial charge is 0.245 e. The molecule has 3 heterocycles. The van der Waals surface area contributed by atoms with Crippen LogP contribution in [0.2, 0.25) is 0 Å². The van der Waals surface area contributed by atoms with Crippen LogP contribution in [0.3, 0.4) is 0 Å². The number of halogens is 5. The Bertz CT molecular complexity index is 524. The van der Waals surface area contributed by atoms with E-state index in [0.29, 0.717) is 0 Å². The van der Waals surface area contributed by atoms with Crippen LogP contribution in [0.25, 0.3) is 0 Å². The molecule has 2 N–H and O–H groups in total. The Morgan fingerprint density at radius 2 is 1.39 bits per heavy atom. The Morgan fingerprint density at radius 1 is 0.957 bits per heavy atom. The van der Waals surface area contributed by atoms with Gasteiger partial charge in [0.25, 0.3) is 0 Å². The quantitative estimate of drug-likeness (QED) is 0.295. The normalized spacial score (nSPS) is 19.5. The second-order valence-corrected chi connectivity index (χ2v) is 7.90. The van der Waals surface area contributed by atoms with Crippen LogP contribution in [-0.2, 0) is 14.1 Å². The number of H-pyrrole nitrogens is 2. The summed E-state index contributed by atoms with van der Waals surface area (Å²) in [4.78, 5) is 7.32. The molecule has 11 heteroatoms. The number of imidazole rings is 2. The van der Waals surface area contributed by atoms with Gasteiger partial charge in [-0.3, -0.25) is 14.9 Å². The number of aromatic nitrogens is 4. The minimum Gasteiger partial charge on any atom is -0.257 e. The first-order valence-corrected chi connectivity index (χ1v) is 8.31. The molecule has 0 atom stereocenters. The highest BCUT2D eigenvalue weighted by Crippen LogP contribution is 2.48. The molecule has 2 aromatic rings. The summed E-state index contributed by atoms with van der Waals surface area (Å²) in [7, 11) is 5.61. The highest BCUT2D eigenvalue weighted by atomic mass is 35.5. The van der Waals surface area contributed by atoms with E-state index in [-0.39, 0.29) is 6.54 Å². The van der Waals surface area contributed by atoms with Crippen LogP contribution in [0.1, 0.15) is 0 Å². The van der Waals surface area contributed by atoms with E-state index < -0.39 is 9.04 Å². The molecule has 0 unspecified atom stereocenters. The van der Waals surface area contributed by atoms with Gasteiger partial charge in [0.15, 0.2) is 0 Å². The molecular weight excluding hydrogens is 405 g/mol. The lowest BCUT2D eigenvalue weighted by Crippen LogP contribution is -2.39. The van der Waals surface area contributed by atoms with E-state index in [4.69, 9.17) is 58.2 Å². The molecule has 0 amide bonds. The number of alkyl halides is 4. The van der Waals surface area contributed by atoms with Gasteiger partial charge < -0.3 is 0 Å². The van der Waals surface area contributed by atoms with Gasteiger partial charge in [-0.05, 0) is 18.8 Å². The Kier molecular flexibility index (Phi) is 7.93. The molecule has 0 aliphatic carbocycles. The van der Waals surface area contributed by atoms with Gasteiger partial charge >= 0.3 is 0 Å². The van der Waals surface area contributed by atoms with Crippen molar-refractivity contribution in [1.29, 1.82) is 0 Å². The zero-order valence-electron chi connectivity index (χ0n) is 12.8. The maximum atomic E-state index is 5.77. The lowest BCUT2D eigenvalue weighted by Gasteiger charge is -2.26. The van der Waals surface area contributed by atoms with Crippen LogP contribution in [-0.4, -0.2) is 41.9 Å². The Hall–Kier alpha value is -0.210. The molecule has 6 nitrogen and oxygen atoms in total. The first-order valence-electron chi connectivity index (χ1n) is 6.46. The monoisotopic (exact) mass is 422 g/mol. The fourth-order valence-corrected chi connectivity index (χ4v) is 2.88. The maximum Gasteiger partial charge on any atom is 0.245 e. The van der Waals surface area contributed by atoms with Gasteiger partial charge in [0.1, 0.15) is 24.8 Å². The summed E-state index contributed by atoms with van der Waals surface area (Å²) in [6.45, 7) is 0.284. The number of rotatable bonds is 0. The summed E-state index contributed by atoms with van der Waals surface area (Å²) >= 11 is 28.7. The molecule has 1 fully saturated rings. The summed E-state index contributed by atoms with van der Waals surface area (Å²) < 4.78 is 2.27. The fraction of sp³-hybridized carbons (Fsp3) is 0.500. The second-order valence-electron chi connectivity index (χ2n) is 4.87. The van der Waals surface area contributed by atoms with Crippen LogP contribution in [0.4, 0.5) is 0 Å². The van der Waals surface area contributed by atoms with Crippen LogP contribution >= 0.6 is 58.2 Å². The van der Waals surface area contributed by atoms with Crippen molar-refractivity contribution in [3.05, 3.63) is 37.4 Å². The first-order chi connectivity index (χ1) is 10.6. The number of hydrogen-bond acceptors (Lipinski definition) is 2. The Labute approximate surface area is 160 Å². The molecule has 2 aromatic heterocycles. The predicted octanol–water partition coefficient (Wildman–Crippen LogP) is 2.29. The van der Waals surface area contributed by atoms with Crippen molar-refractivity contribution in [1.82, 2.24) is 19.3 Å². The molecule has 1 aliphatic heterocycles. The van der Waals surface area contributed by atoms with Crippen molar-refractivity contribution < 1.29 is 9.13 Å². The lowest BCUT2D eigenvalue weighted by molar-refractivity contribution is -0.670. The molecule has 0 radical (unpaired) electrons. The van der Waals surface area contributed by atoms with Crippen molar-refractivity contribution in [2.45, 2.75) is 9.04 Å². The molecule has 1 saturated heterocycles. The number of likely N-dealkylation sites (N-methyl/N-ethyl adjacent to an activating group) is 1. The second kappa shape index (κ2) is 8.76. The molecule has 0 spiro atoms. The third-order valence-electron chi connectivity index (χ3n) is 2.78. The van der Waals surface area contributed by atoms with Crippen molar-refractivity contribution >= 4 is 58.2 Å². The van der Waals surface area contributed by atoms with Gasteiger partial charge in [0.05, 0.1) is 20.6 Å². The summed E-state index contributed by atoms with van der Waals surface area (Å²) in [6.07, 6.45) is 11.4. The van der Waals surface area contributed by atoms with Crippen molar-refractivity contribution in [2.24, 2.45) is 14.1 Å². The third-order valence-corrected chi connectivity index (χ3v) is 5.15. The molecule has 3 rings (SSSR count). The van der Waals surface area contributed by atoms with E-state index in [0.717, 1.165) is 4.42 Å². The standard InChI is InChI=1S/C4H5Cl5N2.2C4H6N2/c1-10-2-3(5,6)11(9)4(10,7)8;2*1-6-3-2-5-4-6/h2H2,1H3;2*2-4H,1H3/p+2. The number of nitrogens with zero attached hydrogens (tertiary/aromatic N) is 4. The van der Waals surface area contributed by atoms with E-state index in [1.807, 2.05) is 60.7 Å². The van der Waals surface area contributed by atoms with Gasteiger partial charge in [0.2, 0.25) is 21.7 Å². The van der Waals surface area contributed by atoms with Crippen molar-refractivity contribution in [3.8, 4) is 0 Å². The fourth-order valence-electron chi connectivity index (χ4n) is 1.52.